The van der Waals surface area contributed by atoms with E-state index in [9.17, 15) is 14.4 Å². The molecule has 0 fully saturated rings. The molecule has 9 heteroatoms. The lowest BCUT2D eigenvalue weighted by Crippen LogP contribution is -2.30. The Hall–Kier alpha value is -3.10. The lowest BCUT2D eigenvalue weighted by Gasteiger charge is -2.09. The van der Waals surface area contributed by atoms with Crippen LogP contribution < -0.4 is 16.7 Å². The number of carbonyl (C=O) groups excluding carboxylic acids is 1. The number of amides is 1. The van der Waals surface area contributed by atoms with Crippen LogP contribution in [0, 0.1) is 0 Å². The zero-order chi connectivity index (χ0) is 21.1. The normalized spacial score (nSPS) is 13.5. The summed E-state index contributed by atoms with van der Waals surface area (Å²) in [6.45, 7) is 4.58. The molecule has 1 aliphatic heterocycles. The maximum atomic E-state index is 12.6. The van der Waals surface area contributed by atoms with E-state index in [0.717, 1.165) is 42.7 Å². The second-order valence-corrected chi connectivity index (χ2v) is 7.65. The van der Waals surface area contributed by atoms with Gasteiger partial charge in [-0.3, -0.25) is 18.5 Å². The van der Waals surface area contributed by atoms with Crippen LogP contribution in [0.4, 0.5) is 0 Å². The summed E-state index contributed by atoms with van der Waals surface area (Å²) >= 11 is 0. The number of imidazole rings is 1. The molecule has 0 saturated carbocycles. The summed E-state index contributed by atoms with van der Waals surface area (Å²) in [7, 11) is 0. The fourth-order valence-electron chi connectivity index (χ4n) is 4.15. The number of nitrogens with zero attached hydrogens (tertiary/aromatic N) is 5. The molecular formula is C21H28N6O3. The van der Waals surface area contributed by atoms with E-state index in [2.05, 4.69) is 10.4 Å². The van der Waals surface area contributed by atoms with Gasteiger partial charge in [-0.25, -0.2) is 14.3 Å². The van der Waals surface area contributed by atoms with Crippen LogP contribution in [0.1, 0.15) is 38.4 Å². The van der Waals surface area contributed by atoms with Gasteiger partial charge >= 0.3 is 11.4 Å². The highest BCUT2D eigenvalue weighted by Crippen LogP contribution is 2.13. The van der Waals surface area contributed by atoms with Crippen molar-refractivity contribution in [3.8, 4) is 0 Å². The van der Waals surface area contributed by atoms with Gasteiger partial charge in [0.25, 0.3) is 0 Å². The fourth-order valence-corrected chi connectivity index (χ4v) is 4.15. The van der Waals surface area contributed by atoms with Crippen LogP contribution in [-0.2, 0) is 37.4 Å². The van der Waals surface area contributed by atoms with E-state index in [1.165, 1.54) is 4.68 Å². The zero-order valence-electron chi connectivity index (χ0n) is 17.3. The van der Waals surface area contributed by atoms with Crippen LogP contribution in [0.5, 0.6) is 0 Å². The van der Waals surface area contributed by atoms with E-state index < -0.39 is 0 Å². The van der Waals surface area contributed by atoms with E-state index >= 15 is 0 Å². The predicted octanol–water partition coefficient (Wildman–Crippen LogP) is 1.11. The summed E-state index contributed by atoms with van der Waals surface area (Å²) < 4.78 is 6.64. The molecule has 1 aliphatic rings. The smallest absolute Gasteiger partial charge is 0.345 e. The molecular weight excluding hydrogens is 384 g/mol. The van der Waals surface area contributed by atoms with Crippen molar-refractivity contribution < 1.29 is 4.79 Å². The minimum atomic E-state index is -0.105. The summed E-state index contributed by atoms with van der Waals surface area (Å²) in [6, 6.07) is 7.64. The van der Waals surface area contributed by atoms with Crippen molar-refractivity contribution >= 4 is 16.9 Å². The molecule has 0 atom stereocenters. The highest BCUT2D eigenvalue weighted by atomic mass is 16.2. The van der Waals surface area contributed by atoms with Crippen molar-refractivity contribution in [2.24, 2.45) is 0 Å². The maximum Gasteiger partial charge on any atom is 0.345 e. The molecule has 0 saturated heterocycles. The standard InChI is InChI=1S/C21H28N6O3/c1-2-24-16-8-3-4-9-17(16)25(20(24)29)15-11-19(28)22-12-7-14-27-21(30)26-13-6-5-10-18(26)23-27/h3-4,8-9H,2,5-7,10-15H2,1H3,(H,22,28). The second kappa shape index (κ2) is 8.73. The first-order valence-corrected chi connectivity index (χ1v) is 10.7. The van der Waals surface area contributed by atoms with Crippen LogP contribution in [0.2, 0.25) is 0 Å². The van der Waals surface area contributed by atoms with Crippen molar-refractivity contribution in [3.05, 3.63) is 51.1 Å². The third-order valence-electron chi connectivity index (χ3n) is 5.70. The number of hydrogen-bond donors (Lipinski definition) is 1. The van der Waals surface area contributed by atoms with Gasteiger partial charge in [-0.1, -0.05) is 12.1 Å². The highest BCUT2D eigenvalue weighted by molar-refractivity contribution is 5.77. The van der Waals surface area contributed by atoms with Crippen LogP contribution >= 0.6 is 0 Å². The molecule has 0 spiro atoms. The molecule has 1 amide bonds. The number of carbonyl (C=O) groups is 1. The summed E-state index contributed by atoms with van der Waals surface area (Å²) in [4.78, 5) is 37.2. The Morgan fingerprint density at radius 1 is 1.07 bits per heavy atom. The van der Waals surface area contributed by atoms with Crippen molar-refractivity contribution in [2.45, 2.75) is 65.2 Å². The third-order valence-corrected chi connectivity index (χ3v) is 5.70. The topological polar surface area (TPSA) is 95.8 Å². The summed E-state index contributed by atoms with van der Waals surface area (Å²) in [5.41, 5.74) is 1.59. The third kappa shape index (κ3) is 3.83. The number of nitrogens with one attached hydrogen (secondary N) is 1. The molecule has 0 unspecified atom stereocenters. The Kier molecular flexibility index (Phi) is 5.87. The van der Waals surface area contributed by atoms with Crippen LogP contribution in [0.25, 0.3) is 11.0 Å². The molecule has 0 bridgehead atoms. The van der Waals surface area contributed by atoms with Gasteiger partial charge in [0.1, 0.15) is 5.82 Å². The van der Waals surface area contributed by atoms with Gasteiger partial charge in [0, 0.05) is 45.6 Å². The van der Waals surface area contributed by atoms with Crippen molar-refractivity contribution in [3.63, 3.8) is 0 Å². The predicted molar refractivity (Wildman–Crippen MR) is 114 cm³/mol. The number of rotatable bonds is 8. The van der Waals surface area contributed by atoms with Crippen molar-refractivity contribution in [1.29, 1.82) is 0 Å². The minimum Gasteiger partial charge on any atom is -0.356 e. The average molecular weight is 412 g/mol. The van der Waals surface area contributed by atoms with E-state index in [0.29, 0.717) is 32.6 Å². The number of aromatic nitrogens is 5. The summed E-state index contributed by atoms with van der Waals surface area (Å²) in [6.07, 6.45) is 3.82. The van der Waals surface area contributed by atoms with E-state index in [1.54, 1.807) is 13.7 Å². The van der Waals surface area contributed by atoms with Crippen LogP contribution in [0.15, 0.2) is 33.9 Å². The molecule has 160 valence electrons. The first-order valence-electron chi connectivity index (χ1n) is 10.7. The van der Waals surface area contributed by atoms with Gasteiger partial charge in [0.05, 0.1) is 11.0 Å². The average Bonchev–Trinajstić information content (AvgIpc) is 3.23. The summed E-state index contributed by atoms with van der Waals surface area (Å²) in [5.74, 6) is 0.763. The Labute approximate surface area is 173 Å². The number of aryl methyl sites for hydroxylation is 4. The molecule has 9 nitrogen and oxygen atoms in total. The SMILES string of the molecule is CCn1c(=O)n(CCC(=O)NCCCn2nc3n(c2=O)CCCC3)c2ccccc21. The summed E-state index contributed by atoms with van der Waals surface area (Å²) in [5, 5.41) is 7.29. The van der Waals surface area contributed by atoms with E-state index in [1.807, 2.05) is 31.2 Å². The van der Waals surface area contributed by atoms with Gasteiger partial charge < -0.3 is 5.32 Å². The Bertz CT molecular complexity index is 1170. The first-order chi connectivity index (χ1) is 14.6. The minimum absolute atomic E-state index is 0.0530. The highest BCUT2D eigenvalue weighted by Gasteiger charge is 2.16. The molecule has 1 aromatic carbocycles. The van der Waals surface area contributed by atoms with Crippen molar-refractivity contribution in [1.82, 2.24) is 28.8 Å². The molecule has 3 heterocycles. The van der Waals surface area contributed by atoms with Gasteiger partial charge in [0.2, 0.25) is 5.91 Å². The fraction of sp³-hybridized carbons (Fsp3) is 0.524. The molecule has 2 aromatic heterocycles. The number of fused-ring (bicyclic) bond motifs is 2. The van der Waals surface area contributed by atoms with Crippen molar-refractivity contribution in [2.75, 3.05) is 6.54 Å². The molecule has 4 rings (SSSR count). The van der Waals surface area contributed by atoms with Gasteiger partial charge in [-0.15, -0.1) is 0 Å². The van der Waals surface area contributed by atoms with Gasteiger partial charge in [-0.2, -0.15) is 5.10 Å². The molecule has 0 aliphatic carbocycles. The van der Waals surface area contributed by atoms with E-state index in [-0.39, 0.29) is 23.7 Å². The van der Waals surface area contributed by atoms with E-state index in [4.69, 9.17) is 0 Å². The quantitative estimate of drug-likeness (QED) is 0.561. The Morgan fingerprint density at radius 2 is 1.83 bits per heavy atom. The molecule has 3 aromatic rings. The number of benzene rings is 1. The van der Waals surface area contributed by atoms with Crippen LogP contribution in [0.3, 0.4) is 0 Å². The van der Waals surface area contributed by atoms with Gasteiger partial charge in [-0.05, 0) is 38.3 Å². The largest absolute Gasteiger partial charge is 0.356 e. The maximum absolute atomic E-state index is 12.6. The monoisotopic (exact) mass is 412 g/mol. The van der Waals surface area contributed by atoms with Crippen LogP contribution in [-0.4, -0.2) is 35.9 Å². The Balaban J connectivity index is 1.29. The van der Waals surface area contributed by atoms with Gasteiger partial charge in [0.15, 0.2) is 0 Å². The molecule has 1 N–H and O–H groups in total. The first kappa shape index (κ1) is 20.2. The zero-order valence-corrected chi connectivity index (χ0v) is 17.3. The lowest BCUT2D eigenvalue weighted by atomic mass is 10.2. The Morgan fingerprint density at radius 3 is 2.57 bits per heavy atom. The lowest BCUT2D eigenvalue weighted by molar-refractivity contribution is -0.121. The second-order valence-electron chi connectivity index (χ2n) is 7.65. The number of para-hydroxylation sites is 2. The molecule has 30 heavy (non-hydrogen) atoms. The molecule has 0 radical (unpaired) electrons. The number of hydrogen-bond acceptors (Lipinski definition) is 4.